The zero-order valence-corrected chi connectivity index (χ0v) is 15.2. The number of rotatable bonds is 5. The minimum atomic E-state index is -0.327. The smallest absolute Gasteiger partial charge is 0.227 e. The summed E-state index contributed by atoms with van der Waals surface area (Å²) in [5.41, 5.74) is 4.06. The van der Waals surface area contributed by atoms with Crippen LogP contribution in [0.5, 0.6) is 5.75 Å². The Morgan fingerprint density at radius 3 is 2.77 bits per heavy atom. The Hall–Kier alpha value is -2.82. The van der Waals surface area contributed by atoms with Crippen LogP contribution in [0.4, 0.5) is 5.69 Å². The zero-order chi connectivity index (χ0) is 18.7. The third-order valence-electron chi connectivity index (χ3n) is 4.99. The Kier molecular flexibility index (Phi) is 5.26. The third-order valence-corrected chi connectivity index (χ3v) is 4.99. The first kappa shape index (κ1) is 18.0. The van der Waals surface area contributed by atoms with Gasteiger partial charge in [0.2, 0.25) is 11.8 Å². The van der Waals surface area contributed by atoms with Crippen LogP contribution in [0.2, 0.25) is 0 Å². The van der Waals surface area contributed by atoms with Crippen LogP contribution >= 0.6 is 0 Å². The summed E-state index contributed by atoms with van der Waals surface area (Å²) in [6.07, 6.45) is 0.882. The lowest BCUT2D eigenvalue weighted by Crippen LogP contribution is -2.34. The molecule has 0 unspecified atom stereocenters. The lowest BCUT2D eigenvalue weighted by molar-refractivity contribution is -0.126. The predicted octanol–water partition coefficient (Wildman–Crippen LogP) is 2.72. The molecule has 0 saturated carbocycles. The second-order valence-electron chi connectivity index (χ2n) is 6.84. The molecule has 136 valence electrons. The molecule has 0 aromatic heterocycles. The van der Waals surface area contributed by atoms with Crippen molar-refractivity contribution in [1.82, 2.24) is 5.32 Å². The van der Waals surface area contributed by atoms with E-state index in [-0.39, 0.29) is 29.9 Å². The number of amides is 2. The van der Waals surface area contributed by atoms with Gasteiger partial charge in [-0.05, 0) is 55.2 Å². The van der Waals surface area contributed by atoms with Crippen LogP contribution in [-0.4, -0.2) is 30.0 Å². The van der Waals surface area contributed by atoms with E-state index in [1.807, 2.05) is 38.1 Å². The Morgan fingerprint density at radius 1 is 1.23 bits per heavy atom. The van der Waals surface area contributed by atoms with E-state index in [0.29, 0.717) is 19.5 Å². The van der Waals surface area contributed by atoms with Gasteiger partial charge >= 0.3 is 0 Å². The first-order valence-corrected chi connectivity index (χ1v) is 8.88. The molecular weight excluding hydrogens is 328 g/mol. The standard InChI is InChI=1S/C21H24N2O3/c1-14-5-3-8-19(15(14)2)23-13-17(12-20(23)25)21(26)22-10-9-16-6-4-7-18(24)11-16/h3-8,11,17,24H,9-10,12-13H2,1-2H3,(H,22,26)/t17-/m0/s1. The zero-order valence-electron chi connectivity index (χ0n) is 15.2. The number of carbonyl (C=O) groups excluding carboxylic acids is 2. The minimum absolute atomic E-state index is 0.00756. The van der Waals surface area contributed by atoms with Gasteiger partial charge < -0.3 is 15.3 Å². The number of phenols is 1. The van der Waals surface area contributed by atoms with Crippen molar-refractivity contribution in [2.24, 2.45) is 5.92 Å². The largest absolute Gasteiger partial charge is 0.508 e. The molecule has 5 heteroatoms. The fourth-order valence-corrected chi connectivity index (χ4v) is 3.33. The van der Waals surface area contributed by atoms with E-state index < -0.39 is 0 Å². The van der Waals surface area contributed by atoms with E-state index in [1.54, 1.807) is 23.1 Å². The Morgan fingerprint density at radius 2 is 2.00 bits per heavy atom. The molecule has 3 rings (SSSR count). The number of anilines is 1. The van der Waals surface area contributed by atoms with Crippen molar-refractivity contribution < 1.29 is 14.7 Å². The van der Waals surface area contributed by atoms with Gasteiger partial charge in [-0.15, -0.1) is 0 Å². The maximum absolute atomic E-state index is 12.4. The van der Waals surface area contributed by atoms with E-state index in [2.05, 4.69) is 5.32 Å². The first-order valence-electron chi connectivity index (χ1n) is 8.88. The van der Waals surface area contributed by atoms with Gasteiger partial charge in [-0.3, -0.25) is 9.59 Å². The molecule has 1 fully saturated rings. The Labute approximate surface area is 153 Å². The summed E-state index contributed by atoms with van der Waals surface area (Å²) in [6, 6.07) is 12.9. The molecule has 0 radical (unpaired) electrons. The van der Waals surface area contributed by atoms with Crippen LogP contribution in [0.3, 0.4) is 0 Å². The highest BCUT2D eigenvalue weighted by Gasteiger charge is 2.35. The monoisotopic (exact) mass is 352 g/mol. The number of hydrogen-bond donors (Lipinski definition) is 2. The second-order valence-corrected chi connectivity index (χ2v) is 6.84. The average molecular weight is 352 g/mol. The molecule has 1 aliphatic heterocycles. The van der Waals surface area contributed by atoms with Crippen LogP contribution in [0.15, 0.2) is 42.5 Å². The number of benzene rings is 2. The van der Waals surface area contributed by atoms with Crippen LogP contribution in [-0.2, 0) is 16.0 Å². The molecule has 1 heterocycles. The summed E-state index contributed by atoms with van der Waals surface area (Å²) in [7, 11) is 0. The second kappa shape index (κ2) is 7.60. The van der Waals surface area contributed by atoms with E-state index in [4.69, 9.17) is 0 Å². The van der Waals surface area contributed by atoms with Crippen molar-refractivity contribution in [3.8, 4) is 5.75 Å². The topological polar surface area (TPSA) is 69.6 Å². The molecule has 2 amide bonds. The lowest BCUT2D eigenvalue weighted by atomic mass is 10.1. The Balaban J connectivity index is 1.58. The van der Waals surface area contributed by atoms with Crippen LogP contribution in [0.1, 0.15) is 23.1 Å². The number of aromatic hydroxyl groups is 1. The van der Waals surface area contributed by atoms with Crippen LogP contribution < -0.4 is 10.2 Å². The van der Waals surface area contributed by atoms with E-state index >= 15 is 0 Å². The fourth-order valence-electron chi connectivity index (χ4n) is 3.33. The number of nitrogens with zero attached hydrogens (tertiary/aromatic N) is 1. The molecule has 1 aliphatic rings. The van der Waals surface area contributed by atoms with Crippen LogP contribution in [0.25, 0.3) is 0 Å². The average Bonchev–Trinajstić information content (AvgIpc) is 2.99. The van der Waals surface area contributed by atoms with Crippen molar-refractivity contribution in [2.45, 2.75) is 26.7 Å². The molecule has 5 nitrogen and oxygen atoms in total. The molecule has 1 atom stereocenters. The summed E-state index contributed by atoms with van der Waals surface area (Å²) in [5.74, 6) is -0.205. The summed E-state index contributed by atoms with van der Waals surface area (Å²) in [4.78, 5) is 26.6. The molecule has 26 heavy (non-hydrogen) atoms. The minimum Gasteiger partial charge on any atom is -0.508 e. The molecule has 2 aromatic carbocycles. The normalized spacial score (nSPS) is 16.8. The number of nitrogens with one attached hydrogen (secondary N) is 1. The molecule has 0 spiro atoms. The summed E-state index contributed by atoms with van der Waals surface area (Å²) in [5, 5.41) is 12.4. The van der Waals surface area contributed by atoms with Gasteiger partial charge in [0, 0.05) is 25.2 Å². The Bertz CT molecular complexity index is 832. The molecule has 1 saturated heterocycles. The number of phenolic OH excluding ortho intramolecular Hbond substituents is 1. The summed E-state index contributed by atoms with van der Waals surface area (Å²) < 4.78 is 0. The molecular formula is C21H24N2O3. The third kappa shape index (κ3) is 3.87. The molecule has 0 bridgehead atoms. The number of carbonyl (C=O) groups is 2. The lowest BCUT2D eigenvalue weighted by Gasteiger charge is -2.20. The van der Waals surface area contributed by atoms with Crippen molar-refractivity contribution in [1.29, 1.82) is 0 Å². The van der Waals surface area contributed by atoms with Crippen molar-refractivity contribution in [3.63, 3.8) is 0 Å². The number of aryl methyl sites for hydroxylation is 1. The van der Waals surface area contributed by atoms with E-state index in [1.165, 1.54) is 0 Å². The number of hydrogen-bond acceptors (Lipinski definition) is 3. The fraction of sp³-hybridized carbons (Fsp3) is 0.333. The van der Waals surface area contributed by atoms with E-state index in [0.717, 1.165) is 22.4 Å². The molecule has 2 N–H and O–H groups in total. The maximum Gasteiger partial charge on any atom is 0.227 e. The predicted molar refractivity (Wildman–Crippen MR) is 101 cm³/mol. The van der Waals surface area contributed by atoms with Gasteiger partial charge in [0.25, 0.3) is 0 Å². The highest BCUT2D eigenvalue weighted by Crippen LogP contribution is 2.29. The van der Waals surface area contributed by atoms with Gasteiger partial charge in [-0.25, -0.2) is 0 Å². The van der Waals surface area contributed by atoms with Crippen LogP contribution in [0, 0.1) is 19.8 Å². The first-order chi connectivity index (χ1) is 12.5. The maximum atomic E-state index is 12.4. The molecule has 2 aromatic rings. The van der Waals surface area contributed by atoms with Gasteiger partial charge in [0.15, 0.2) is 0 Å². The summed E-state index contributed by atoms with van der Waals surface area (Å²) >= 11 is 0. The van der Waals surface area contributed by atoms with Gasteiger partial charge in [0.1, 0.15) is 5.75 Å². The van der Waals surface area contributed by atoms with Crippen molar-refractivity contribution >= 4 is 17.5 Å². The van der Waals surface area contributed by atoms with Crippen molar-refractivity contribution in [2.75, 3.05) is 18.0 Å². The van der Waals surface area contributed by atoms with Crippen molar-refractivity contribution in [3.05, 3.63) is 59.2 Å². The quantitative estimate of drug-likeness (QED) is 0.869. The highest BCUT2D eigenvalue weighted by molar-refractivity contribution is 6.00. The van der Waals surface area contributed by atoms with Gasteiger partial charge in [-0.2, -0.15) is 0 Å². The van der Waals surface area contributed by atoms with Gasteiger partial charge in [0.05, 0.1) is 5.92 Å². The summed E-state index contributed by atoms with van der Waals surface area (Å²) in [6.45, 7) is 4.92. The highest BCUT2D eigenvalue weighted by atomic mass is 16.3. The van der Waals surface area contributed by atoms with E-state index in [9.17, 15) is 14.7 Å². The van der Waals surface area contributed by atoms with Gasteiger partial charge in [-0.1, -0.05) is 24.3 Å². The SMILES string of the molecule is Cc1cccc(N2C[C@@H](C(=O)NCCc3cccc(O)c3)CC2=O)c1C. The molecule has 0 aliphatic carbocycles.